The smallest absolute Gasteiger partial charge is 0.331 e. The Balaban J connectivity index is -0.000000510. The second kappa shape index (κ2) is 80.9. The molecule has 742 valence electrons. The molecule has 0 radical (unpaired) electrons. The SMILES string of the molecule is CC(C)OC(=O)/C=C/C(=O)OCC(CN(C)C)OC(=O)/C=C/C(=O)OC(C)C.CCN(CC)CC(COC(=O)/C=C/C(=O)OC)OC(=O)/C=C/C(=O)OC.CCOC(=O)/C=C/C(=O)OCC(CN(C)C)OC(=O)/C=C/C(=O)OCC.CCOC(=O)/C=C/C(=O)OCC(CN(CC)CC)OC(=O)/C=C/C(=O)OCC.COC(=O)/C=C/C(=O)OCC(CN(C)C)OC(=O)/C=C/C(=O)OC. The Bertz CT molecular complexity index is 3880. The first-order valence-electron chi connectivity index (χ1n) is 40.7. The van der Waals surface area contributed by atoms with Crippen LogP contribution in [0.5, 0.6) is 0 Å². The van der Waals surface area contributed by atoms with Gasteiger partial charge in [0.2, 0.25) is 0 Å². The zero-order valence-electron chi connectivity index (χ0n) is 78.9. The van der Waals surface area contributed by atoms with Crippen molar-refractivity contribution in [2.45, 2.75) is 126 Å². The van der Waals surface area contributed by atoms with Crippen LogP contribution in [0.1, 0.15) is 83.1 Å². The van der Waals surface area contributed by atoms with Crippen molar-refractivity contribution in [2.75, 3.05) is 189 Å². The van der Waals surface area contributed by atoms with E-state index in [0.29, 0.717) is 39.3 Å². The first-order chi connectivity index (χ1) is 62.3. The predicted octanol–water partition coefficient (Wildman–Crippen LogP) is 1.98. The van der Waals surface area contributed by atoms with Gasteiger partial charge in [-0.2, -0.15) is 0 Å². The minimum absolute atomic E-state index is 0.191. The van der Waals surface area contributed by atoms with E-state index in [1.807, 2.05) is 37.5 Å². The lowest BCUT2D eigenvalue weighted by Gasteiger charge is -2.24. The van der Waals surface area contributed by atoms with Crippen LogP contribution in [-0.4, -0.2) is 376 Å². The summed E-state index contributed by atoms with van der Waals surface area (Å²) in [6.07, 6.45) is 14.3. The van der Waals surface area contributed by atoms with Gasteiger partial charge in [0, 0.05) is 154 Å². The van der Waals surface area contributed by atoms with Crippen LogP contribution in [0.3, 0.4) is 0 Å². The largest absolute Gasteiger partial charge is 0.466 e. The summed E-state index contributed by atoms with van der Waals surface area (Å²) in [6, 6.07) is 0. The Morgan fingerprint density at radius 2 is 0.333 bits per heavy atom. The van der Waals surface area contributed by atoms with Crippen molar-refractivity contribution < 1.29 is 191 Å². The molecule has 0 rings (SSSR count). The number of carbonyl (C=O) groups excluding carboxylic acids is 20. The molecule has 0 amide bonds. The Labute approximate surface area is 768 Å². The van der Waals surface area contributed by atoms with Crippen LogP contribution >= 0.6 is 0 Å². The number of ether oxygens (including phenoxy) is 20. The summed E-state index contributed by atoms with van der Waals surface area (Å²) < 4.78 is 96.5. The Kier molecular flexibility index (Phi) is 77.9. The van der Waals surface area contributed by atoms with Crippen molar-refractivity contribution in [3.05, 3.63) is 122 Å². The Hall–Kier alpha value is -13.4. The second-order valence-electron chi connectivity index (χ2n) is 26.6. The predicted molar refractivity (Wildman–Crippen MR) is 464 cm³/mol. The normalized spacial score (nSPS) is 12.3. The summed E-state index contributed by atoms with van der Waals surface area (Å²) in [5, 5.41) is 0. The van der Waals surface area contributed by atoms with Gasteiger partial charge >= 0.3 is 119 Å². The summed E-state index contributed by atoms with van der Waals surface area (Å²) in [4.78, 5) is 237. The molecular weight excluding hydrogens is 1750 g/mol. The quantitative estimate of drug-likeness (QED) is 0.0477. The van der Waals surface area contributed by atoms with Crippen molar-refractivity contribution in [3.8, 4) is 0 Å². The lowest BCUT2D eigenvalue weighted by Crippen LogP contribution is -2.38. The van der Waals surface area contributed by atoms with Crippen molar-refractivity contribution in [2.24, 2.45) is 0 Å². The zero-order chi connectivity index (χ0) is 101. The number of nitrogens with zero attached hydrogens (tertiary/aromatic N) is 5. The van der Waals surface area contributed by atoms with Gasteiger partial charge in [-0.3, -0.25) is 0 Å². The van der Waals surface area contributed by atoms with Crippen LogP contribution in [0.15, 0.2) is 122 Å². The van der Waals surface area contributed by atoms with Gasteiger partial charge in [-0.1, -0.05) is 27.7 Å². The van der Waals surface area contributed by atoms with Crippen molar-refractivity contribution in [3.63, 3.8) is 0 Å². The topological polar surface area (TPSA) is 542 Å². The molecule has 45 heteroatoms. The molecule has 0 N–H and O–H groups in total. The highest BCUT2D eigenvalue weighted by molar-refractivity contribution is 5.97. The summed E-state index contributed by atoms with van der Waals surface area (Å²) in [7, 11) is 15.2. The molecule has 5 unspecified atom stereocenters. The Morgan fingerprint density at radius 1 is 0.197 bits per heavy atom. The molecule has 132 heavy (non-hydrogen) atoms. The third kappa shape index (κ3) is 82.3. The van der Waals surface area contributed by atoms with Gasteiger partial charge in [-0.15, -0.1) is 0 Å². The Morgan fingerprint density at radius 3 is 0.470 bits per heavy atom. The molecule has 0 aromatic rings. The molecule has 0 aliphatic heterocycles. The first kappa shape index (κ1) is 127. The van der Waals surface area contributed by atoms with Gasteiger partial charge in [-0.05, 0) is 124 Å². The van der Waals surface area contributed by atoms with E-state index < -0.39 is 150 Å². The molecule has 0 aliphatic carbocycles. The average Bonchev–Trinajstić information content (AvgIpc) is 0.934. The molecule has 0 saturated carbocycles. The van der Waals surface area contributed by atoms with Crippen LogP contribution < -0.4 is 0 Å². The minimum Gasteiger partial charge on any atom is -0.466 e. The van der Waals surface area contributed by atoms with Gasteiger partial charge in [0.05, 0.1) is 67.1 Å². The standard InChI is InChI=1S/2C19H29NO8.2C17H25NO8.C15H21NO8/c1-13(2)26-17(22)8-7-16(21)25-12-15(11-20(5)6)28-19(24)10-9-18(23)27-14(3)4;1-5-20(6-2)13-15(28-19(24)12-11-17(22)26-8-4)14-27-18(23)10-9-16(21)25-7-3;1-5-18(6-2)11-13(26-17(22)10-8-15(20)24-4)12-25-16(21)9-7-14(19)23-3;1-5-23-14(19)7-8-16(21)25-12-13(11-18(3)4)26-17(22)10-9-15(20)24-6-2;1-16(2)9-11(24-15(20)8-6-13(18)22-4)10-23-14(19)7-5-12(17)21-3/h7-10,13-15H,11-12H2,1-6H3;9-12,15H,5-8,13-14H2,1-4H3;2*7-10,13H,5-6,11-12H2,1-4H3;5-8,11H,9-10H2,1-4H3/b8-7+,10-9+;10-9+,12-11+;9-7+,10-8+;8-7+,10-9+;7-5+,8-6+. The molecule has 0 saturated heterocycles. The molecule has 0 bridgehead atoms. The first-order valence-corrected chi connectivity index (χ1v) is 40.7. The zero-order valence-corrected chi connectivity index (χ0v) is 78.9. The summed E-state index contributed by atoms with van der Waals surface area (Å²) >= 11 is 0. The highest BCUT2D eigenvalue weighted by atomic mass is 16.6. The minimum atomic E-state index is -0.787. The van der Waals surface area contributed by atoms with Crippen LogP contribution in [-0.2, 0) is 191 Å². The van der Waals surface area contributed by atoms with Crippen LogP contribution in [0.4, 0.5) is 0 Å². The number of likely N-dealkylation sites (N-methyl/N-ethyl adjacent to an activating group) is 5. The molecule has 45 nitrogen and oxygen atoms in total. The van der Waals surface area contributed by atoms with Gasteiger partial charge < -0.3 is 119 Å². The van der Waals surface area contributed by atoms with E-state index in [4.69, 9.17) is 56.8 Å². The van der Waals surface area contributed by atoms with E-state index in [1.54, 1.807) is 112 Å². The molecule has 0 spiro atoms. The van der Waals surface area contributed by atoms with E-state index in [0.717, 1.165) is 122 Å². The number of esters is 20. The van der Waals surface area contributed by atoms with Crippen molar-refractivity contribution in [1.29, 1.82) is 0 Å². The second-order valence-corrected chi connectivity index (χ2v) is 26.6. The summed E-state index contributed by atoms with van der Waals surface area (Å²) in [6.45, 7) is 25.1. The number of carbonyl (C=O) groups is 20. The maximum atomic E-state index is 11.9. The monoisotopic (exact) mass is 1880 g/mol. The van der Waals surface area contributed by atoms with Crippen LogP contribution in [0, 0.1) is 0 Å². The third-order valence-corrected chi connectivity index (χ3v) is 14.1. The highest BCUT2D eigenvalue weighted by Gasteiger charge is 2.24. The maximum absolute atomic E-state index is 11.9. The third-order valence-electron chi connectivity index (χ3n) is 14.1. The van der Waals surface area contributed by atoms with E-state index in [-0.39, 0.29) is 91.3 Å². The van der Waals surface area contributed by atoms with Gasteiger partial charge in [-0.25, -0.2) is 95.9 Å². The fraction of sp³-hybridized carbons (Fsp3) is 0.540. The molecule has 0 heterocycles. The lowest BCUT2D eigenvalue weighted by molar-refractivity contribution is -0.154. The number of rotatable bonds is 55. The van der Waals surface area contributed by atoms with E-state index in [9.17, 15) is 95.9 Å². The molecule has 5 atom stereocenters. The molecule has 0 aromatic carbocycles. The average molecular weight is 1880 g/mol. The summed E-state index contributed by atoms with van der Waals surface area (Å²) in [5.74, 6) is -14.5. The van der Waals surface area contributed by atoms with E-state index in [2.05, 4.69) is 37.9 Å². The van der Waals surface area contributed by atoms with Gasteiger partial charge in [0.25, 0.3) is 0 Å². The summed E-state index contributed by atoms with van der Waals surface area (Å²) in [5.41, 5.74) is 0. The number of hydrogen-bond donors (Lipinski definition) is 0. The van der Waals surface area contributed by atoms with E-state index >= 15 is 0 Å². The fourth-order valence-electron chi connectivity index (χ4n) is 8.45. The molecule has 0 fully saturated rings. The van der Waals surface area contributed by atoms with Crippen LogP contribution in [0.2, 0.25) is 0 Å². The number of hydrogen-bond acceptors (Lipinski definition) is 45. The van der Waals surface area contributed by atoms with Gasteiger partial charge in [0.15, 0.2) is 0 Å². The van der Waals surface area contributed by atoms with Crippen LogP contribution in [0.25, 0.3) is 0 Å². The van der Waals surface area contributed by atoms with Crippen molar-refractivity contribution >= 4 is 119 Å². The van der Waals surface area contributed by atoms with Crippen molar-refractivity contribution in [1.82, 2.24) is 24.5 Å². The number of methoxy groups -OCH3 is 4. The maximum Gasteiger partial charge on any atom is 0.331 e. The lowest BCUT2D eigenvalue weighted by atomic mass is 10.3. The van der Waals surface area contributed by atoms with Gasteiger partial charge in [0.1, 0.15) is 63.6 Å². The molecule has 0 aliphatic rings. The highest BCUT2D eigenvalue weighted by Crippen LogP contribution is 2.08. The van der Waals surface area contributed by atoms with E-state index in [1.165, 1.54) is 28.4 Å². The molecule has 0 aromatic heterocycles. The molecular formula is C87H129N5O40. The fourth-order valence-corrected chi connectivity index (χ4v) is 8.45.